The number of hydrogen-bond donors (Lipinski definition) is 0. The first-order valence-corrected chi connectivity index (χ1v) is 8.85. The summed E-state index contributed by atoms with van der Waals surface area (Å²) in [5, 5.41) is 1.07. The van der Waals surface area contributed by atoms with Gasteiger partial charge in [0.25, 0.3) is 5.56 Å². The van der Waals surface area contributed by atoms with Gasteiger partial charge >= 0.3 is 5.97 Å². The largest absolute Gasteiger partial charge is 0.458 e. The molecular formula is C19H14Cl2N2O3. The molecule has 2 heterocycles. The van der Waals surface area contributed by atoms with Crippen LogP contribution in [0.4, 0.5) is 0 Å². The van der Waals surface area contributed by atoms with Crippen LogP contribution >= 0.6 is 23.2 Å². The number of benzene rings is 1. The van der Waals surface area contributed by atoms with E-state index in [0.29, 0.717) is 21.4 Å². The van der Waals surface area contributed by atoms with E-state index in [-0.39, 0.29) is 18.1 Å². The minimum absolute atomic E-state index is 0.0530. The lowest BCUT2D eigenvalue weighted by Crippen LogP contribution is -2.24. The number of fused-ring (bicyclic) bond motifs is 1. The third kappa shape index (κ3) is 3.08. The molecule has 1 aromatic carbocycles. The first-order valence-electron chi connectivity index (χ1n) is 8.09. The van der Waals surface area contributed by atoms with Crippen LogP contribution in [0.1, 0.15) is 24.1 Å². The highest BCUT2D eigenvalue weighted by Gasteiger charge is 2.52. The molecule has 1 aliphatic rings. The molecule has 1 fully saturated rings. The zero-order valence-corrected chi connectivity index (χ0v) is 15.1. The highest BCUT2D eigenvalue weighted by molar-refractivity contribution is 6.30. The molecular weight excluding hydrogens is 375 g/mol. The van der Waals surface area contributed by atoms with Gasteiger partial charge in [-0.05, 0) is 42.7 Å². The number of aromatic nitrogens is 2. The fourth-order valence-corrected chi connectivity index (χ4v) is 3.27. The average molecular weight is 389 g/mol. The molecule has 0 N–H and O–H groups in total. The van der Waals surface area contributed by atoms with E-state index in [1.807, 2.05) is 12.1 Å². The zero-order valence-electron chi connectivity index (χ0n) is 13.6. The minimum atomic E-state index is -0.607. The van der Waals surface area contributed by atoms with Gasteiger partial charge in [-0.25, -0.2) is 4.98 Å². The van der Waals surface area contributed by atoms with Gasteiger partial charge in [0.05, 0.1) is 16.1 Å². The molecule has 1 saturated carbocycles. The molecule has 4 rings (SSSR count). The van der Waals surface area contributed by atoms with Gasteiger partial charge in [-0.15, -0.1) is 0 Å². The molecule has 3 aromatic rings. The van der Waals surface area contributed by atoms with Crippen LogP contribution in [-0.4, -0.2) is 15.4 Å². The zero-order chi connectivity index (χ0) is 18.3. The lowest BCUT2D eigenvalue weighted by molar-refractivity contribution is -0.148. The van der Waals surface area contributed by atoms with Crippen molar-refractivity contribution >= 4 is 34.8 Å². The van der Waals surface area contributed by atoms with Crippen LogP contribution in [0.15, 0.2) is 53.5 Å². The molecule has 7 heteroatoms. The van der Waals surface area contributed by atoms with Gasteiger partial charge in [0.15, 0.2) is 0 Å². The molecule has 0 atom stereocenters. The quantitative estimate of drug-likeness (QED) is 0.638. The molecule has 0 spiro atoms. The molecule has 26 heavy (non-hydrogen) atoms. The van der Waals surface area contributed by atoms with Crippen molar-refractivity contribution in [3.8, 4) is 0 Å². The summed E-state index contributed by atoms with van der Waals surface area (Å²) in [7, 11) is 0. The predicted molar refractivity (Wildman–Crippen MR) is 98.6 cm³/mol. The lowest BCUT2D eigenvalue weighted by atomic mass is 9.96. The summed E-state index contributed by atoms with van der Waals surface area (Å²) in [6.07, 6.45) is 2.97. The highest BCUT2D eigenvalue weighted by Crippen LogP contribution is 2.49. The van der Waals surface area contributed by atoms with E-state index in [1.54, 1.807) is 24.3 Å². The second-order valence-electron chi connectivity index (χ2n) is 6.33. The van der Waals surface area contributed by atoms with Crippen molar-refractivity contribution in [2.24, 2.45) is 0 Å². The molecule has 0 saturated heterocycles. The van der Waals surface area contributed by atoms with Crippen LogP contribution in [-0.2, 0) is 21.6 Å². The summed E-state index contributed by atoms with van der Waals surface area (Å²) in [5.41, 5.74) is 0.865. The maximum Gasteiger partial charge on any atom is 0.316 e. The monoisotopic (exact) mass is 388 g/mol. The van der Waals surface area contributed by atoms with E-state index in [2.05, 4.69) is 4.98 Å². The van der Waals surface area contributed by atoms with Crippen LogP contribution < -0.4 is 5.56 Å². The predicted octanol–water partition coefficient (Wildman–Crippen LogP) is 3.78. The van der Waals surface area contributed by atoms with Gasteiger partial charge in [0, 0.05) is 17.3 Å². The van der Waals surface area contributed by atoms with Crippen molar-refractivity contribution < 1.29 is 9.53 Å². The molecule has 132 valence electrons. The van der Waals surface area contributed by atoms with Crippen molar-refractivity contribution in [3.63, 3.8) is 0 Å². The Hall–Kier alpha value is -2.37. The van der Waals surface area contributed by atoms with E-state index in [0.717, 1.165) is 18.4 Å². The Morgan fingerprint density at radius 2 is 1.81 bits per heavy atom. The Morgan fingerprint density at radius 1 is 1.12 bits per heavy atom. The Bertz CT molecular complexity index is 1060. The van der Waals surface area contributed by atoms with Gasteiger partial charge in [-0.1, -0.05) is 35.3 Å². The molecule has 1 aliphatic carbocycles. The Balaban J connectivity index is 1.53. The van der Waals surface area contributed by atoms with Crippen LogP contribution in [0.2, 0.25) is 10.0 Å². The second-order valence-corrected chi connectivity index (χ2v) is 7.20. The fourth-order valence-electron chi connectivity index (χ4n) is 2.98. The van der Waals surface area contributed by atoms with Crippen molar-refractivity contribution in [2.75, 3.05) is 0 Å². The number of esters is 1. The summed E-state index contributed by atoms with van der Waals surface area (Å²) >= 11 is 11.8. The van der Waals surface area contributed by atoms with Crippen molar-refractivity contribution in [1.29, 1.82) is 0 Å². The van der Waals surface area contributed by atoms with E-state index < -0.39 is 5.41 Å². The number of ether oxygens (including phenoxy) is 1. The van der Waals surface area contributed by atoms with Crippen LogP contribution in [0.5, 0.6) is 0 Å². The molecule has 0 unspecified atom stereocenters. The summed E-state index contributed by atoms with van der Waals surface area (Å²) < 4.78 is 6.81. The first kappa shape index (κ1) is 17.1. The fraction of sp³-hybridized carbons (Fsp3) is 0.211. The number of pyridine rings is 1. The van der Waals surface area contributed by atoms with E-state index >= 15 is 0 Å². The van der Waals surface area contributed by atoms with Crippen LogP contribution in [0.3, 0.4) is 0 Å². The maximum atomic E-state index is 12.6. The van der Waals surface area contributed by atoms with Crippen LogP contribution in [0.25, 0.3) is 5.65 Å². The van der Waals surface area contributed by atoms with Gasteiger partial charge in [0.2, 0.25) is 0 Å². The molecule has 2 aromatic heterocycles. The molecule has 0 aliphatic heterocycles. The SMILES string of the molecule is O=C(OCc1cc(=O)n2cc(Cl)ccc2n1)C1(c2ccc(Cl)cc2)CC1. The van der Waals surface area contributed by atoms with Gasteiger partial charge in [-0.3, -0.25) is 14.0 Å². The van der Waals surface area contributed by atoms with E-state index in [9.17, 15) is 9.59 Å². The average Bonchev–Trinajstić information content (AvgIpc) is 3.43. The normalized spacial score (nSPS) is 15.0. The third-order valence-electron chi connectivity index (χ3n) is 4.57. The maximum absolute atomic E-state index is 12.6. The van der Waals surface area contributed by atoms with E-state index in [4.69, 9.17) is 27.9 Å². The van der Waals surface area contributed by atoms with Gasteiger partial charge < -0.3 is 4.74 Å². The standard InChI is InChI=1S/C19H14Cl2N2O3/c20-13-3-1-12(2-4-13)19(7-8-19)18(25)26-11-15-9-17(24)23-10-14(21)5-6-16(23)22-15/h1-6,9-10H,7-8,11H2. The molecule has 0 radical (unpaired) electrons. The van der Waals surface area contributed by atoms with Gasteiger partial charge in [-0.2, -0.15) is 0 Å². The first-order chi connectivity index (χ1) is 12.5. The summed E-state index contributed by atoms with van der Waals surface area (Å²) in [5.74, 6) is -0.307. The second kappa shape index (κ2) is 6.41. The number of hydrogen-bond acceptors (Lipinski definition) is 4. The van der Waals surface area contributed by atoms with Crippen molar-refractivity contribution in [2.45, 2.75) is 24.9 Å². The Kier molecular flexibility index (Phi) is 4.21. The highest BCUT2D eigenvalue weighted by atomic mass is 35.5. The smallest absolute Gasteiger partial charge is 0.316 e. The van der Waals surface area contributed by atoms with Crippen molar-refractivity contribution in [1.82, 2.24) is 9.38 Å². The molecule has 0 amide bonds. The van der Waals surface area contributed by atoms with Crippen LogP contribution in [0, 0.1) is 0 Å². The molecule has 0 bridgehead atoms. The number of rotatable bonds is 4. The van der Waals surface area contributed by atoms with Crippen molar-refractivity contribution in [3.05, 3.63) is 80.3 Å². The lowest BCUT2D eigenvalue weighted by Gasteiger charge is -2.15. The third-order valence-corrected chi connectivity index (χ3v) is 5.04. The number of carbonyl (C=O) groups excluding carboxylic acids is 1. The minimum Gasteiger partial charge on any atom is -0.458 e. The van der Waals surface area contributed by atoms with Gasteiger partial charge in [0.1, 0.15) is 12.3 Å². The number of nitrogens with zero attached hydrogens (tertiary/aromatic N) is 2. The number of halogens is 2. The Labute approximate surface area is 159 Å². The molecule has 5 nitrogen and oxygen atoms in total. The topological polar surface area (TPSA) is 60.7 Å². The summed E-state index contributed by atoms with van der Waals surface area (Å²) in [4.78, 5) is 29.1. The Morgan fingerprint density at radius 3 is 2.50 bits per heavy atom. The number of carbonyl (C=O) groups is 1. The summed E-state index contributed by atoms with van der Waals surface area (Å²) in [6, 6.07) is 11.9. The van der Waals surface area contributed by atoms with E-state index in [1.165, 1.54) is 16.7 Å². The summed E-state index contributed by atoms with van der Waals surface area (Å²) in [6.45, 7) is -0.0530.